The summed E-state index contributed by atoms with van der Waals surface area (Å²) >= 11 is 1.48. The Hall–Kier alpha value is -1.51. The van der Waals surface area contributed by atoms with Crippen LogP contribution in [0.25, 0.3) is 0 Å². The molecule has 0 spiro atoms. The third-order valence-corrected chi connectivity index (χ3v) is 2.63. The van der Waals surface area contributed by atoms with Crippen molar-refractivity contribution in [3.05, 3.63) is 21.9 Å². The van der Waals surface area contributed by atoms with Gasteiger partial charge in [-0.25, -0.2) is 4.79 Å². The number of rotatable bonds is 2. The summed E-state index contributed by atoms with van der Waals surface area (Å²) in [4.78, 5) is 13.1. The second-order valence-electron chi connectivity index (χ2n) is 2.97. The van der Waals surface area contributed by atoms with Crippen LogP contribution in [0.3, 0.4) is 0 Å². The van der Waals surface area contributed by atoms with Gasteiger partial charge in [0.25, 0.3) is 0 Å². The highest BCUT2D eigenvalue weighted by molar-refractivity contribution is 7.10. The van der Waals surface area contributed by atoms with E-state index in [1.54, 1.807) is 7.05 Å². The molecule has 2 amide bonds. The molecule has 0 aliphatic heterocycles. The molecule has 80 valence electrons. The van der Waals surface area contributed by atoms with Crippen molar-refractivity contribution >= 4 is 17.4 Å². The molecule has 0 bridgehead atoms. The number of thiophene rings is 1. The Morgan fingerprint density at radius 2 is 2.47 bits per heavy atom. The first-order valence-electron chi connectivity index (χ1n) is 4.31. The van der Waals surface area contributed by atoms with E-state index in [4.69, 9.17) is 10.8 Å². The Balaban J connectivity index is 2.64. The zero-order chi connectivity index (χ0) is 11.3. The number of carbonyl (C=O) groups is 1. The first kappa shape index (κ1) is 11.6. The van der Waals surface area contributed by atoms with Crippen LogP contribution in [0.2, 0.25) is 0 Å². The normalized spacial score (nSPS) is 9.20. The van der Waals surface area contributed by atoms with Gasteiger partial charge in [-0.3, -0.25) is 0 Å². The van der Waals surface area contributed by atoms with Crippen molar-refractivity contribution in [3.63, 3.8) is 0 Å². The van der Waals surface area contributed by atoms with Crippen molar-refractivity contribution in [2.45, 2.75) is 6.54 Å². The summed E-state index contributed by atoms with van der Waals surface area (Å²) in [5.74, 6) is 5.37. The van der Waals surface area contributed by atoms with Crippen molar-refractivity contribution in [2.75, 3.05) is 13.7 Å². The smallest absolute Gasteiger partial charge is 0.314 e. The van der Waals surface area contributed by atoms with Gasteiger partial charge in [0.1, 0.15) is 6.61 Å². The SMILES string of the molecule is CN(Cc1csc(C#CCO)c1)C(N)=O. The predicted molar refractivity (Wildman–Crippen MR) is 59.3 cm³/mol. The van der Waals surface area contributed by atoms with E-state index >= 15 is 0 Å². The van der Waals surface area contributed by atoms with E-state index in [0.717, 1.165) is 10.4 Å². The van der Waals surface area contributed by atoms with Crippen LogP contribution in [0.5, 0.6) is 0 Å². The molecule has 0 atom stereocenters. The molecule has 15 heavy (non-hydrogen) atoms. The van der Waals surface area contributed by atoms with Crippen LogP contribution in [-0.2, 0) is 6.54 Å². The number of hydrogen-bond acceptors (Lipinski definition) is 3. The summed E-state index contributed by atoms with van der Waals surface area (Å²) in [6.07, 6.45) is 0. The van der Waals surface area contributed by atoms with Gasteiger partial charge in [-0.1, -0.05) is 11.8 Å². The monoisotopic (exact) mass is 224 g/mol. The average molecular weight is 224 g/mol. The number of nitrogens with two attached hydrogens (primary N) is 1. The van der Waals surface area contributed by atoms with Crippen molar-refractivity contribution in [1.82, 2.24) is 4.90 Å². The maximum absolute atomic E-state index is 10.8. The second kappa shape index (κ2) is 5.39. The molecule has 5 heteroatoms. The van der Waals surface area contributed by atoms with Crippen LogP contribution in [-0.4, -0.2) is 29.7 Å². The number of amides is 2. The highest BCUT2D eigenvalue weighted by Gasteiger charge is 2.05. The maximum Gasteiger partial charge on any atom is 0.314 e. The molecule has 0 fully saturated rings. The van der Waals surface area contributed by atoms with Crippen molar-refractivity contribution < 1.29 is 9.90 Å². The van der Waals surface area contributed by atoms with Gasteiger partial charge in [0.2, 0.25) is 0 Å². The first-order chi connectivity index (χ1) is 7.13. The molecule has 1 aromatic heterocycles. The van der Waals surface area contributed by atoms with Crippen LogP contribution < -0.4 is 5.73 Å². The Bertz CT molecular complexity index is 403. The molecule has 0 aliphatic rings. The molecule has 1 heterocycles. The molecule has 1 aromatic rings. The predicted octanol–water partition coefficient (Wildman–Crippen LogP) is 0.602. The average Bonchev–Trinajstić information content (AvgIpc) is 2.62. The molecule has 4 nitrogen and oxygen atoms in total. The lowest BCUT2D eigenvalue weighted by molar-refractivity contribution is 0.216. The molecular weight excluding hydrogens is 212 g/mol. The minimum Gasteiger partial charge on any atom is -0.384 e. The van der Waals surface area contributed by atoms with Crippen LogP contribution in [0, 0.1) is 11.8 Å². The Kier molecular flexibility index (Phi) is 4.16. The van der Waals surface area contributed by atoms with E-state index in [1.165, 1.54) is 16.2 Å². The van der Waals surface area contributed by atoms with E-state index in [0.29, 0.717) is 6.54 Å². The van der Waals surface area contributed by atoms with Crippen molar-refractivity contribution in [1.29, 1.82) is 0 Å². The summed E-state index contributed by atoms with van der Waals surface area (Å²) < 4.78 is 0. The van der Waals surface area contributed by atoms with Gasteiger partial charge in [0.05, 0.1) is 4.88 Å². The lowest BCUT2D eigenvalue weighted by Crippen LogP contribution is -2.31. The Morgan fingerprint density at radius 3 is 3.07 bits per heavy atom. The Morgan fingerprint density at radius 1 is 1.73 bits per heavy atom. The highest BCUT2D eigenvalue weighted by atomic mass is 32.1. The fourth-order valence-electron chi connectivity index (χ4n) is 1.00. The number of hydrogen-bond donors (Lipinski definition) is 2. The van der Waals surface area contributed by atoms with Gasteiger partial charge in [0.15, 0.2) is 0 Å². The first-order valence-corrected chi connectivity index (χ1v) is 5.19. The quantitative estimate of drug-likeness (QED) is 0.722. The number of nitrogens with zero attached hydrogens (tertiary/aromatic N) is 1. The third kappa shape index (κ3) is 3.62. The molecule has 0 saturated heterocycles. The van der Waals surface area contributed by atoms with Crippen LogP contribution in [0.4, 0.5) is 4.79 Å². The molecular formula is C10H12N2O2S. The maximum atomic E-state index is 10.8. The van der Waals surface area contributed by atoms with Gasteiger partial charge >= 0.3 is 6.03 Å². The molecule has 3 N–H and O–H groups in total. The molecule has 0 aliphatic carbocycles. The number of primary amides is 1. The number of carbonyl (C=O) groups excluding carboxylic acids is 1. The van der Waals surface area contributed by atoms with Gasteiger partial charge in [-0.05, 0) is 17.0 Å². The topological polar surface area (TPSA) is 66.6 Å². The van der Waals surface area contributed by atoms with E-state index in [-0.39, 0.29) is 6.61 Å². The zero-order valence-corrected chi connectivity index (χ0v) is 9.17. The third-order valence-electron chi connectivity index (χ3n) is 1.74. The molecule has 0 unspecified atom stereocenters. The molecule has 0 saturated carbocycles. The molecule has 0 radical (unpaired) electrons. The molecule has 1 rings (SSSR count). The van der Waals surface area contributed by atoms with Crippen LogP contribution >= 0.6 is 11.3 Å². The molecule has 0 aromatic carbocycles. The standard InChI is InChI=1S/C10H12N2O2S/c1-12(10(11)14)6-8-5-9(15-7-8)3-2-4-13/h5,7,13H,4,6H2,1H3,(H2,11,14). The zero-order valence-electron chi connectivity index (χ0n) is 8.36. The lowest BCUT2D eigenvalue weighted by Gasteiger charge is -2.12. The fourth-order valence-corrected chi connectivity index (χ4v) is 1.77. The van der Waals surface area contributed by atoms with Crippen LogP contribution in [0.1, 0.15) is 10.4 Å². The lowest BCUT2D eigenvalue weighted by atomic mass is 10.3. The number of aliphatic hydroxyl groups excluding tert-OH is 1. The van der Waals surface area contributed by atoms with E-state index in [2.05, 4.69) is 11.8 Å². The minimum absolute atomic E-state index is 0.144. The van der Waals surface area contributed by atoms with E-state index in [9.17, 15) is 4.79 Å². The Labute approximate surface area is 92.3 Å². The second-order valence-corrected chi connectivity index (χ2v) is 3.88. The van der Waals surface area contributed by atoms with Crippen molar-refractivity contribution in [3.8, 4) is 11.8 Å². The number of aliphatic hydroxyl groups is 1. The van der Waals surface area contributed by atoms with Crippen molar-refractivity contribution in [2.24, 2.45) is 5.73 Å². The summed E-state index contributed by atoms with van der Waals surface area (Å²) in [5.41, 5.74) is 6.09. The summed E-state index contributed by atoms with van der Waals surface area (Å²) in [6, 6.07) is 1.43. The van der Waals surface area contributed by atoms with Crippen LogP contribution in [0.15, 0.2) is 11.4 Å². The van der Waals surface area contributed by atoms with Gasteiger partial charge < -0.3 is 15.7 Å². The number of urea groups is 1. The van der Waals surface area contributed by atoms with Gasteiger partial charge in [-0.2, -0.15) is 0 Å². The minimum atomic E-state index is -0.454. The summed E-state index contributed by atoms with van der Waals surface area (Å²) in [7, 11) is 1.64. The largest absolute Gasteiger partial charge is 0.384 e. The highest BCUT2D eigenvalue weighted by Crippen LogP contribution is 2.14. The van der Waals surface area contributed by atoms with E-state index < -0.39 is 6.03 Å². The summed E-state index contributed by atoms with van der Waals surface area (Å²) in [5, 5.41) is 10.4. The fraction of sp³-hybridized carbons (Fsp3) is 0.300. The van der Waals surface area contributed by atoms with Gasteiger partial charge in [0, 0.05) is 13.6 Å². The van der Waals surface area contributed by atoms with Gasteiger partial charge in [-0.15, -0.1) is 11.3 Å². The summed E-state index contributed by atoms with van der Waals surface area (Å²) in [6.45, 7) is 0.334. The van der Waals surface area contributed by atoms with E-state index in [1.807, 2.05) is 11.4 Å².